The number of piperidine rings is 1. The van der Waals surface area contributed by atoms with Gasteiger partial charge >= 0.3 is 12.0 Å². The lowest BCUT2D eigenvalue weighted by molar-refractivity contribution is -0.143. The predicted octanol–water partition coefficient (Wildman–Crippen LogP) is 3.04. The molecule has 3 aliphatic rings. The number of benzene rings is 1. The Morgan fingerprint density at radius 3 is 2.26 bits per heavy atom. The molecule has 2 amide bonds. The number of hydrogen-bond donors (Lipinski definition) is 2. The second-order valence-corrected chi connectivity index (χ2v) is 8.09. The van der Waals surface area contributed by atoms with Gasteiger partial charge in [0.25, 0.3) is 0 Å². The SMILES string of the molecule is O=C(O)C1CCC(N2CCN(c3ccc(C4CCNCC4)cc3)C2=O)CC1. The maximum Gasteiger partial charge on any atom is 0.324 e. The molecule has 2 heterocycles. The number of anilines is 1. The molecule has 146 valence electrons. The summed E-state index contributed by atoms with van der Waals surface area (Å²) in [5, 5.41) is 12.6. The maximum absolute atomic E-state index is 12.9. The summed E-state index contributed by atoms with van der Waals surface area (Å²) in [6, 6.07) is 8.79. The number of hydrogen-bond acceptors (Lipinski definition) is 3. The molecule has 0 radical (unpaired) electrons. The van der Waals surface area contributed by atoms with Gasteiger partial charge in [0.2, 0.25) is 0 Å². The molecule has 2 N–H and O–H groups in total. The van der Waals surface area contributed by atoms with Crippen molar-refractivity contribution in [3.63, 3.8) is 0 Å². The van der Waals surface area contributed by atoms with Gasteiger partial charge < -0.3 is 15.3 Å². The van der Waals surface area contributed by atoms with Crippen molar-refractivity contribution in [2.75, 3.05) is 31.1 Å². The summed E-state index contributed by atoms with van der Waals surface area (Å²) in [6.07, 6.45) is 5.30. The number of aliphatic carboxylic acids is 1. The highest BCUT2D eigenvalue weighted by Gasteiger charge is 2.37. The van der Waals surface area contributed by atoms with Crippen molar-refractivity contribution in [3.05, 3.63) is 29.8 Å². The van der Waals surface area contributed by atoms with Gasteiger partial charge in [0.15, 0.2) is 0 Å². The van der Waals surface area contributed by atoms with E-state index in [9.17, 15) is 9.59 Å². The average Bonchev–Trinajstić information content (AvgIpc) is 3.10. The molecule has 2 aliphatic heterocycles. The first-order chi connectivity index (χ1) is 13.1. The first-order valence-electron chi connectivity index (χ1n) is 10.2. The molecule has 6 nitrogen and oxygen atoms in total. The Kier molecular flexibility index (Phi) is 5.34. The van der Waals surface area contributed by atoms with Crippen LogP contribution in [0, 0.1) is 5.92 Å². The number of urea groups is 1. The van der Waals surface area contributed by atoms with Crippen LogP contribution in [0.2, 0.25) is 0 Å². The molecular weight excluding hydrogens is 342 g/mol. The van der Waals surface area contributed by atoms with Gasteiger partial charge in [-0.25, -0.2) is 4.79 Å². The molecule has 0 aromatic heterocycles. The Morgan fingerprint density at radius 1 is 0.963 bits per heavy atom. The minimum atomic E-state index is -0.698. The molecule has 0 unspecified atom stereocenters. The summed E-state index contributed by atoms with van der Waals surface area (Å²) in [5.74, 6) is -0.315. The van der Waals surface area contributed by atoms with Gasteiger partial charge in [0.1, 0.15) is 0 Å². The Labute approximate surface area is 160 Å². The molecule has 27 heavy (non-hydrogen) atoms. The fourth-order valence-electron chi connectivity index (χ4n) is 4.85. The van der Waals surface area contributed by atoms with Crippen LogP contribution in [0.3, 0.4) is 0 Å². The van der Waals surface area contributed by atoms with E-state index in [2.05, 4.69) is 29.6 Å². The Morgan fingerprint density at radius 2 is 1.63 bits per heavy atom. The van der Waals surface area contributed by atoms with Gasteiger partial charge in [-0.05, 0) is 75.2 Å². The Hall–Kier alpha value is -2.08. The number of carboxylic acids is 1. The summed E-state index contributed by atoms with van der Waals surface area (Å²) >= 11 is 0. The highest BCUT2D eigenvalue weighted by molar-refractivity contribution is 5.94. The maximum atomic E-state index is 12.9. The van der Waals surface area contributed by atoms with E-state index in [4.69, 9.17) is 5.11 Å². The fraction of sp³-hybridized carbons (Fsp3) is 0.619. The lowest BCUT2D eigenvalue weighted by Gasteiger charge is -2.33. The lowest BCUT2D eigenvalue weighted by atomic mass is 9.85. The molecule has 6 heteroatoms. The first kappa shape index (κ1) is 18.3. The zero-order valence-electron chi connectivity index (χ0n) is 15.8. The topological polar surface area (TPSA) is 72.9 Å². The van der Waals surface area contributed by atoms with Crippen molar-refractivity contribution in [1.29, 1.82) is 0 Å². The van der Waals surface area contributed by atoms with Crippen molar-refractivity contribution >= 4 is 17.7 Å². The largest absolute Gasteiger partial charge is 0.481 e. The second-order valence-electron chi connectivity index (χ2n) is 8.09. The van der Waals surface area contributed by atoms with Gasteiger partial charge in [-0.15, -0.1) is 0 Å². The molecular formula is C21H29N3O3. The molecule has 0 bridgehead atoms. The van der Waals surface area contributed by atoms with E-state index in [0.29, 0.717) is 25.3 Å². The van der Waals surface area contributed by atoms with E-state index in [1.807, 2.05) is 9.80 Å². The molecule has 0 spiro atoms. The quantitative estimate of drug-likeness (QED) is 0.853. The number of nitrogens with zero attached hydrogens (tertiary/aromatic N) is 2. The van der Waals surface area contributed by atoms with E-state index in [-0.39, 0.29) is 18.0 Å². The van der Waals surface area contributed by atoms with Crippen LogP contribution in [0.4, 0.5) is 10.5 Å². The van der Waals surface area contributed by atoms with Gasteiger partial charge in [-0.2, -0.15) is 0 Å². The van der Waals surface area contributed by atoms with Gasteiger partial charge in [-0.3, -0.25) is 9.69 Å². The third kappa shape index (κ3) is 3.81. The van der Waals surface area contributed by atoms with Crippen LogP contribution >= 0.6 is 0 Å². The number of rotatable bonds is 4. The highest BCUT2D eigenvalue weighted by Crippen LogP contribution is 2.32. The molecule has 1 aromatic rings. The Balaban J connectivity index is 1.38. The fourth-order valence-corrected chi connectivity index (χ4v) is 4.85. The van der Waals surface area contributed by atoms with Gasteiger partial charge in [-0.1, -0.05) is 12.1 Å². The van der Waals surface area contributed by atoms with Crippen molar-refractivity contribution in [3.8, 4) is 0 Å². The molecule has 1 saturated carbocycles. The molecule has 1 aliphatic carbocycles. The number of nitrogens with one attached hydrogen (secondary N) is 1. The van der Waals surface area contributed by atoms with Gasteiger partial charge in [0, 0.05) is 24.8 Å². The van der Waals surface area contributed by atoms with Crippen LogP contribution < -0.4 is 10.2 Å². The summed E-state index contributed by atoms with van der Waals surface area (Å²) in [6.45, 7) is 3.61. The summed E-state index contributed by atoms with van der Waals surface area (Å²) in [7, 11) is 0. The predicted molar refractivity (Wildman–Crippen MR) is 104 cm³/mol. The molecule has 4 rings (SSSR count). The summed E-state index contributed by atoms with van der Waals surface area (Å²) < 4.78 is 0. The Bertz CT molecular complexity index is 676. The van der Waals surface area contributed by atoms with E-state index in [0.717, 1.165) is 38.2 Å². The number of amides is 2. The van der Waals surface area contributed by atoms with E-state index in [1.54, 1.807) is 0 Å². The summed E-state index contributed by atoms with van der Waals surface area (Å²) in [5.41, 5.74) is 2.34. The zero-order valence-corrected chi connectivity index (χ0v) is 15.8. The van der Waals surface area contributed by atoms with Crippen LogP contribution in [0.1, 0.15) is 50.0 Å². The minimum Gasteiger partial charge on any atom is -0.481 e. The normalized spacial score (nSPS) is 27.2. The zero-order chi connectivity index (χ0) is 18.8. The monoisotopic (exact) mass is 371 g/mol. The molecule has 2 saturated heterocycles. The van der Waals surface area contributed by atoms with Gasteiger partial charge in [0.05, 0.1) is 5.92 Å². The van der Waals surface area contributed by atoms with E-state index in [1.165, 1.54) is 18.4 Å². The number of carboxylic acid groups (broad SMARTS) is 1. The number of carbonyl (C=O) groups is 2. The molecule has 0 atom stereocenters. The highest BCUT2D eigenvalue weighted by atomic mass is 16.4. The number of carbonyl (C=O) groups excluding carboxylic acids is 1. The van der Waals surface area contributed by atoms with Crippen LogP contribution in [-0.2, 0) is 4.79 Å². The van der Waals surface area contributed by atoms with Crippen molar-refractivity contribution in [1.82, 2.24) is 10.2 Å². The third-order valence-corrected chi connectivity index (χ3v) is 6.54. The average molecular weight is 371 g/mol. The van der Waals surface area contributed by atoms with Crippen LogP contribution in [0.15, 0.2) is 24.3 Å². The van der Waals surface area contributed by atoms with E-state index < -0.39 is 5.97 Å². The van der Waals surface area contributed by atoms with Crippen molar-refractivity contribution in [2.45, 2.75) is 50.5 Å². The minimum absolute atomic E-state index is 0.0726. The van der Waals surface area contributed by atoms with Crippen molar-refractivity contribution in [2.24, 2.45) is 5.92 Å². The third-order valence-electron chi connectivity index (χ3n) is 6.54. The molecule has 1 aromatic carbocycles. The van der Waals surface area contributed by atoms with Crippen molar-refractivity contribution < 1.29 is 14.7 Å². The smallest absolute Gasteiger partial charge is 0.324 e. The van der Waals surface area contributed by atoms with E-state index >= 15 is 0 Å². The standard InChI is InChI=1S/C21H29N3O3/c25-20(26)17-3-7-19(8-4-17)24-14-13-23(21(24)27)18-5-1-15(2-6-18)16-9-11-22-12-10-16/h1-2,5-6,16-17,19,22H,3-4,7-14H2,(H,25,26). The van der Waals surface area contributed by atoms with Crippen LogP contribution in [-0.4, -0.2) is 54.2 Å². The van der Waals surface area contributed by atoms with Crippen LogP contribution in [0.5, 0.6) is 0 Å². The lowest BCUT2D eigenvalue weighted by Crippen LogP contribution is -2.42. The first-order valence-corrected chi connectivity index (χ1v) is 10.2. The summed E-state index contributed by atoms with van der Waals surface area (Å²) in [4.78, 5) is 27.9. The van der Waals surface area contributed by atoms with Crippen LogP contribution in [0.25, 0.3) is 0 Å². The molecule has 3 fully saturated rings. The second kappa shape index (κ2) is 7.89.